The number of hydrogen-bond acceptors (Lipinski definition) is 4. The third kappa shape index (κ3) is 6.78. The second-order valence-electron chi connectivity index (χ2n) is 10.9. The largest absolute Gasteiger partial charge is 0.416 e. The van der Waals surface area contributed by atoms with Crippen molar-refractivity contribution in [1.29, 1.82) is 0 Å². The average molecular weight is 560 g/mol. The Hall–Kier alpha value is -2.14. The molecule has 0 amide bonds. The van der Waals surface area contributed by atoms with E-state index in [4.69, 9.17) is 9.47 Å². The molecule has 2 aliphatic heterocycles. The van der Waals surface area contributed by atoms with Crippen LogP contribution in [0.2, 0.25) is 0 Å². The molecule has 0 radical (unpaired) electrons. The molecule has 2 heterocycles. The highest BCUT2D eigenvalue weighted by atomic mass is 19.4. The summed E-state index contributed by atoms with van der Waals surface area (Å²) in [5.41, 5.74) is -3.22. The number of likely N-dealkylation sites (tertiary alicyclic amines) is 1. The minimum Gasteiger partial charge on any atom is -0.389 e. The van der Waals surface area contributed by atoms with Gasteiger partial charge in [-0.1, -0.05) is 30.3 Å². The molecular formula is C29H35F6NO3. The summed E-state index contributed by atoms with van der Waals surface area (Å²) in [7, 11) is 0. The molecule has 4 atom stereocenters. The van der Waals surface area contributed by atoms with Crippen LogP contribution >= 0.6 is 0 Å². The Balaban J connectivity index is 1.65. The van der Waals surface area contributed by atoms with Crippen LogP contribution < -0.4 is 0 Å². The fourth-order valence-corrected chi connectivity index (χ4v) is 5.87. The third-order valence-electron chi connectivity index (χ3n) is 8.12. The van der Waals surface area contributed by atoms with Crippen LogP contribution in [0.25, 0.3) is 0 Å². The van der Waals surface area contributed by atoms with E-state index < -0.39 is 47.4 Å². The van der Waals surface area contributed by atoms with Crippen molar-refractivity contribution in [3.05, 3.63) is 70.8 Å². The number of ether oxygens (including phenoxy) is 2. The van der Waals surface area contributed by atoms with E-state index in [9.17, 15) is 31.4 Å². The predicted octanol–water partition coefficient (Wildman–Crippen LogP) is 7.18. The van der Waals surface area contributed by atoms with Gasteiger partial charge in [-0.15, -0.1) is 0 Å². The molecular weight excluding hydrogens is 524 g/mol. The van der Waals surface area contributed by atoms with Gasteiger partial charge >= 0.3 is 12.4 Å². The van der Waals surface area contributed by atoms with Gasteiger partial charge in [0.05, 0.1) is 29.4 Å². The van der Waals surface area contributed by atoms with Gasteiger partial charge in [0.25, 0.3) is 0 Å². The number of alkyl halides is 6. The molecule has 0 spiro atoms. The minimum atomic E-state index is -4.96. The van der Waals surface area contributed by atoms with Crippen molar-refractivity contribution in [2.75, 3.05) is 19.7 Å². The van der Waals surface area contributed by atoms with E-state index in [1.165, 1.54) is 6.92 Å². The highest BCUT2D eigenvalue weighted by Crippen LogP contribution is 2.47. The van der Waals surface area contributed by atoms with Gasteiger partial charge < -0.3 is 19.5 Å². The van der Waals surface area contributed by atoms with Crippen LogP contribution in [0.4, 0.5) is 26.3 Å². The molecule has 4 rings (SSSR count). The topological polar surface area (TPSA) is 41.9 Å². The molecule has 10 heteroatoms. The monoisotopic (exact) mass is 559 g/mol. The maximum absolute atomic E-state index is 13.5. The summed E-state index contributed by atoms with van der Waals surface area (Å²) in [6.45, 7) is 7.32. The Morgan fingerprint density at radius 1 is 0.923 bits per heavy atom. The summed E-state index contributed by atoms with van der Waals surface area (Å²) in [6.07, 6.45) is -10.4. The number of halogens is 6. The second-order valence-corrected chi connectivity index (χ2v) is 10.9. The van der Waals surface area contributed by atoms with E-state index in [2.05, 4.69) is 18.7 Å². The second kappa shape index (κ2) is 11.4. The number of benzene rings is 2. The van der Waals surface area contributed by atoms with Gasteiger partial charge in [0, 0.05) is 31.0 Å². The first-order valence-electron chi connectivity index (χ1n) is 13.3. The third-order valence-corrected chi connectivity index (χ3v) is 8.12. The standard InChI is InChI=1S/C29H35F6NO3/c1-18(2)36-12-10-27(37,11-13-36)24-9-14-38-26(25(24)20-7-5-4-6-8-20)39-19(3)21-15-22(28(30,31)32)17-23(16-21)29(33,34)35/h4-8,15-19,24-26,37H,9-14H2,1-3H3/t19-,24?,25-,26-/m1/s1. The van der Waals surface area contributed by atoms with Crippen molar-refractivity contribution in [3.8, 4) is 0 Å². The molecule has 2 aliphatic rings. The van der Waals surface area contributed by atoms with Gasteiger partial charge in [-0.25, -0.2) is 0 Å². The molecule has 0 bridgehead atoms. The number of aliphatic hydroxyl groups is 1. The summed E-state index contributed by atoms with van der Waals surface area (Å²) in [5, 5.41) is 11.9. The number of hydrogen-bond donors (Lipinski definition) is 1. The number of nitrogens with zero attached hydrogens (tertiary/aromatic N) is 1. The van der Waals surface area contributed by atoms with Crippen LogP contribution in [0, 0.1) is 5.92 Å². The summed E-state index contributed by atoms with van der Waals surface area (Å²) in [5.74, 6) is -0.738. The van der Waals surface area contributed by atoms with Crippen LogP contribution in [-0.2, 0) is 21.8 Å². The zero-order valence-corrected chi connectivity index (χ0v) is 22.2. The molecule has 0 aliphatic carbocycles. The Labute approximate surface area is 224 Å². The molecule has 0 saturated carbocycles. The SMILES string of the molecule is CC(C)N1CCC(O)(C2CCO[C@H](O[C@H](C)c3cc(C(F)(F)F)cc(C(F)(F)F)c3)[C@@H]2c2ccccc2)CC1. The smallest absolute Gasteiger partial charge is 0.389 e. The lowest BCUT2D eigenvalue weighted by molar-refractivity contribution is -0.232. The average Bonchev–Trinajstić information content (AvgIpc) is 2.88. The summed E-state index contributed by atoms with van der Waals surface area (Å²) >= 11 is 0. The Bertz CT molecular complexity index is 1060. The van der Waals surface area contributed by atoms with Crippen LogP contribution in [0.3, 0.4) is 0 Å². The van der Waals surface area contributed by atoms with Gasteiger partial charge in [-0.2, -0.15) is 26.3 Å². The molecule has 216 valence electrons. The van der Waals surface area contributed by atoms with Crippen molar-refractivity contribution >= 4 is 0 Å². The van der Waals surface area contributed by atoms with Crippen LogP contribution in [0.5, 0.6) is 0 Å². The maximum Gasteiger partial charge on any atom is 0.416 e. The van der Waals surface area contributed by atoms with E-state index in [1.54, 1.807) is 0 Å². The van der Waals surface area contributed by atoms with Crippen LogP contribution in [-0.4, -0.2) is 47.6 Å². The minimum absolute atomic E-state index is 0.106. The summed E-state index contributed by atoms with van der Waals surface area (Å²) < 4.78 is 92.8. The molecule has 2 saturated heterocycles. The number of rotatable bonds is 6. The molecule has 2 aromatic rings. The highest BCUT2D eigenvalue weighted by Gasteiger charge is 2.49. The van der Waals surface area contributed by atoms with E-state index in [-0.39, 0.29) is 24.2 Å². The highest BCUT2D eigenvalue weighted by molar-refractivity contribution is 5.35. The zero-order chi connectivity index (χ0) is 28.6. The molecule has 2 aromatic carbocycles. The van der Waals surface area contributed by atoms with Crippen molar-refractivity contribution in [2.45, 2.75) is 82.3 Å². The lowest BCUT2D eigenvalue weighted by atomic mass is 9.68. The fraction of sp³-hybridized carbons (Fsp3) is 0.586. The molecule has 1 N–H and O–H groups in total. The molecule has 0 aromatic heterocycles. The zero-order valence-electron chi connectivity index (χ0n) is 22.2. The Kier molecular flexibility index (Phi) is 8.71. The van der Waals surface area contributed by atoms with E-state index in [0.717, 1.165) is 18.7 Å². The first kappa shape index (κ1) is 29.8. The van der Waals surface area contributed by atoms with Gasteiger partial charge in [-0.3, -0.25) is 0 Å². The van der Waals surface area contributed by atoms with Crippen molar-refractivity contribution in [2.24, 2.45) is 5.92 Å². The van der Waals surface area contributed by atoms with Crippen LogP contribution in [0.1, 0.15) is 74.3 Å². The van der Waals surface area contributed by atoms with Gasteiger partial charge in [0.2, 0.25) is 0 Å². The predicted molar refractivity (Wildman–Crippen MR) is 134 cm³/mol. The van der Waals surface area contributed by atoms with Gasteiger partial charge in [0.15, 0.2) is 6.29 Å². The van der Waals surface area contributed by atoms with E-state index >= 15 is 0 Å². The van der Waals surface area contributed by atoms with Crippen molar-refractivity contribution < 1.29 is 40.9 Å². The summed E-state index contributed by atoms with van der Waals surface area (Å²) in [4.78, 5) is 2.30. The summed E-state index contributed by atoms with van der Waals surface area (Å²) in [6, 6.07) is 11.1. The number of piperidine rings is 1. The fourth-order valence-electron chi connectivity index (χ4n) is 5.87. The van der Waals surface area contributed by atoms with Crippen LogP contribution in [0.15, 0.2) is 48.5 Å². The Morgan fingerprint density at radius 3 is 2.00 bits per heavy atom. The first-order valence-corrected chi connectivity index (χ1v) is 13.3. The lowest BCUT2D eigenvalue weighted by Crippen LogP contribution is -2.55. The maximum atomic E-state index is 13.5. The van der Waals surface area contributed by atoms with E-state index in [0.29, 0.717) is 37.4 Å². The molecule has 39 heavy (non-hydrogen) atoms. The molecule has 1 unspecified atom stereocenters. The van der Waals surface area contributed by atoms with Crippen molar-refractivity contribution in [3.63, 3.8) is 0 Å². The molecule has 4 nitrogen and oxygen atoms in total. The lowest BCUT2D eigenvalue weighted by Gasteiger charge is -2.50. The van der Waals surface area contributed by atoms with Gasteiger partial charge in [0.1, 0.15) is 0 Å². The first-order chi connectivity index (χ1) is 18.2. The Morgan fingerprint density at radius 2 is 1.49 bits per heavy atom. The quantitative estimate of drug-likeness (QED) is 0.381. The van der Waals surface area contributed by atoms with Crippen molar-refractivity contribution in [1.82, 2.24) is 4.90 Å². The van der Waals surface area contributed by atoms with E-state index in [1.807, 2.05) is 30.3 Å². The molecule has 2 fully saturated rings. The normalized spacial score (nSPS) is 25.6. The van der Waals surface area contributed by atoms with Gasteiger partial charge in [-0.05, 0) is 69.4 Å².